The Morgan fingerprint density at radius 1 is 1.35 bits per heavy atom. The fraction of sp³-hybridized carbons (Fsp3) is 0.929. The van der Waals surface area contributed by atoms with Crippen molar-refractivity contribution in [3.63, 3.8) is 0 Å². The molecular formula is C14H25NO2. The van der Waals surface area contributed by atoms with E-state index in [2.05, 4.69) is 25.7 Å². The van der Waals surface area contributed by atoms with Gasteiger partial charge in [0.1, 0.15) is 0 Å². The molecule has 0 aromatic heterocycles. The third-order valence-corrected chi connectivity index (χ3v) is 4.45. The van der Waals surface area contributed by atoms with Gasteiger partial charge in [-0.1, -0.05) is 20.8 Å². The van der Waals surface area contributed by atoms with Crippen molar-refractivity contribution in [2.24, 2.45) is 17.3 Å². The maximum atomic E-state index is 11.0. The normalized spacial score (nSPS) is 38.2. The van der Waals surface area contributed by atoms with Crippen LogP contribution < -0.4 is 0 Å². The van der Waals surface area contributed by atoms with Gasteiger partial charge in [-0.15, -0.1) is 0 Å². The van der Waals surface area contributed by atoms with Gasteiger partial charge in [0.05, 0.1) is 5.92 Å². The molecule has 0 amide bonds. The van der Waals surface area contributed by atoms with Crippen LogP contribution in [0.3, 0.4) is 0 Å². The second-order valence-corrected chi connectivity index (χ2v) is 6.89. The predicted molar refractivity (Wildman–Crippen MR) is 67.9 cm³/mol. The minimum Gasteiger partial charge on any atom is -0.481 e. The zero-order chi connectivity index (χ0) is 12.6. The molecule has 1 saturated heterocycles. The van der Waals surface area contributed by atoms with E-state index in [1.54, 1.807) is 0 Å². The highest BCUT2D eigenvalue weighted by Crippen LogP contribution is 2.41. The summed E-state index contributed by atoms with van der Waals surface area (Å²) in [5.41, 5.74) is 0.420. The van der Waals surface area contributed by atoms with E-state index >= 15 is 0 Å². The van der Waals surface area contributed by atoms with Crippen molar-refractivity contribution in [3.8, 4) is 0 Å². The lowest BCUT2D eigenvalue weighted by Crippen LogP contribution is -2.42. The van der Waals surface area contributed by atoms with Crippen LogP contribution in [0, 0.1) is 17.3 Å². The largest absolute Gasteiger partial charge is 0.481 e. The molecule has 2 rings (SSSR count). The summed E-state index contributed by atoms with van der Waals surface area (Å²) in [5, 5.41) is 9.06. The molecule has 1 heterocycles. The van der Waals surface area contributed by atoms with Gasteiger partial charge in [0, 0.05) is 12.6 Å². The summed E-state index contributed by atoms with van der Waals surface area (Å²) in [4.78, 5) is 13.4. The Morgan fingerprint density at radius 2 is 2.06 bits per heavy atom. The molecule has 0 spiro atoms. The van der Waals surface area contributed by atoms with E-state index in [9.17, 15) is 4.79 Å². The first-order valence-corrected chi connectivity index (χ1v) is 6.84. The summed E-state index contributed by atoms with van der Waals surface area (Å²) in [6.45, 7) is 8.77. The van der Waals surface area contributed by atoms with Crippen LogP contribution in [0.15, 0.2) is 0 Å². The molecule has 3 atom stereocenters. The Labute approximate surface area is 104 Å². The van der Waals surface area contributed by atoms with Crippen LogP contribution in [0.2, 0.25) is 0 Å². The number of aliphatic carboxylic acids is 1. The lowest BCUT2D eigenvalue weighted by molar-refractivity contribution is -0.141. The van der Waals surface area contributed by atoms with Crippen molar-refractivity contribution in [3.05, 3.63) is 0 Å². The zero-order valence-corrected chi connectivity index (χ0v) is 11.3. The number of hydrogen-bond acceptors (Lipinski definition) is 2. The molecule has 98 valence electrons. The molecule has 2 fully saturated rings. The molecule has 0 unspecified atom stereocenters. The average molecular weight is 239 g/mol. The van der Waals surface area contributed by atoms with Gasteiger partial charge in [0.2, 0.25) is 0 Å². The SMILES string of the molecule is C[C@@H]1C[C@H](N2CC[C@H](C(=O)O)C2)CC(C)(C)C1. The van der Waals surface area contributed by atoms with Crippen molar-refractivity contribution in [2.45, 2.75) is 52.5 Å². The number of carboxylic acid groups (broad SMARTS) is 1. The van der Waals surface area contributed by atoms with Crippen molar-refractivity contribution in [1.82, 2.24) is 4.90 Å². The molecule has 0 radical (unpaired) electrons. The predicted octanol–water partition coefficient (Wildman–Crippen LogP) is 2.61. The molecule has 1 aliphatic heterocycles. The summed E-state index contributed by atoms with van der Waals surface area (Å²) in [7, 11) is 0. The highest BCUT2D eigenvalue weighted by atomic mass is 16.4. The van der Waals surface area contributed by atoms with Gasteiger partial charge in [0.15, 0.2) is 0 Å². The highest BCUT2D eigenvalue weighted by molar-refractivity contribution is 5.70. The van der Waals surface area contributed by atoms with Crippen LogP contribution in [-0.2, 0) is 4.79 Å². The van der Waals surface area contributed by atoms with E-state index in [-0.39, 0.29) is 5.92 Å². The molecular weight excluding hydrogens is 214 g/mol. The molecule has 1 saturated carbocycles. The van der Waals surface area contributed by atoms with Crippen molar-refractivity contribution >= 4 is 5.97 Å². The topological polar surface area (TPSA) is 40.5 Å². The summed E-state index contributed by atoms with van der Waals surface area (Å²) in [5.74, 6) is 0.0265. The summed E-state index contributed by atoms with van der Waals surface area (Å²) in [6.07, 6.45) is 4.61. The smallest absolute Gasteiger partial charge is 0.307 e. The van der Waals surface area contributed by atoms with Crippen LogP contribution in [0.25, 0.3) is 0 Å². The molecule has 0 bridgehead atoms. The summed E-state index contributed by atoms with van der Waals surface area (Å²) in [6, 6.07) is 0.609. The number of nitrogens with zero attached hydrogens (tertiary/aromatic N) is 1. The molecule has 0 aromatic carbocycles. The summed E-state index contributed by atoms with van der Waals surface area (Å²) < 4.78 is 0. The Balaban J connectivity index is 1.97. The lowest BCUT2D eigenvalue weighted by atomic mass is 9.70. The van der Waals surface area contributed by atoms with E-state index in [4.69, 9.17) is 5.11 Å². The van der Waals surface area contributed by atoms with Crippen LogP contribution >= 0.6 is 0 Å². The van der Waals surface area contributed by atoms with Gasteiger partial charge in [-0.2, -0.15) is 0 Å². The summed E-state index contributed by atoms with van der Waals surface area (Å²) >= 11 is 0. The zero-order valence-electron chi connectivity index (χ0n) is 11.3. The van der Waals surface area contributed by atoms with Gasteiger partial charge in [-0.25, -0.2) is 0 Å². The number of carbonyl (C=O) groups is 1. The lowest BCUT2D eigenvalue weighted by Gasteiger charge is -2.42. The Bertz CT molecular complexity index is 301. The van der Waals surface area contributed by atoms with E-state index in [1.807, 2.05) is 0 Å². The second kappa shape index (κ2) is 4.60. The number of hydrogen-bond donors (Lipinski definition) is 1. The van der Waals surface area contributed by atoms with Crippen molar-refractivity contribution < 1.29 is 9.90 Å². The molecule has 3 heteroatoms. The monoisotopic (exact) mass is 239 g/mol. The van der Waals surface area contributed by atoms with Crippen LogP contribution in [0.4, 0.5) is 0 Å². The number of rotatable bonds is 2. The minimum absolute atomic E-state index is 0.129. The van der Waals surface area contributed by atoms with Crippen molar-refractivity contribution in [2.75, 3.05) is 13.1 Å². The minimum atomic E-state index is -0.615. The fourth-order valence-electron chi connectivity index (χ4n) is 3.89. The van der Waals surface area contributed by atoms with E-state index < -0.39 is 5.97 Å². The molecule has 2 aliphatic rings. The highest BCUT2D eigenvalue weighted by Gasteiger charge is 2.38. The van der Waals surface area contributed by atoms with Crippen LogP contribution in [0.1, 0.15) is 46.5 Å². The maximum absolute atomic E-state index is 11.0. The molecule has 1 N–H and O–H groups in total. The van der Waals surface area contributed by atoms with E-state index in [0.717, 1.165) is 25.4 Å². The Kier molecular flexibility index (Phi) is 3.48. The van der Waals surface area contributed by atoms with Gasteiger partial charge in [0.25, 0.3) is 0 Å². The molecule has 0 aromatic rings. The molecule has 1 aliphatic carbocycles. The first kappa shape index (κ1) is 12.9. The number of likely N-dealkylation sites (tertiary alicyclic amines) is 1. The standard InChI is InChI=1S/C14H25NO2/c1-10-6-12(8-14(2,3)7-10)15-5-4-11(9-15)13(16)17/h10-12H,4-9H2,1-3H3,(H,16,17)/t10-,11+,12+/m1/s1. The second-order valence-electron chi connectivity index (χ2n) is 6.89. The maximum Gasteiger partial charge on any atom is 0.307 e. The fourth-order valence-corrected chi connectivity index (χ4v) is 3.89. The Morgan fingerprint density at radius 3 is 2.59 bits per heavy atom. The quantitative estimate of drug-likeness (QED) is 0.805. The third kappa shape index (κ3) is 3.01. The average Bonchev–Trinajstić information content (AvgIpc) is 2.62. The van der Waals surface area contributed by atoms with Gasteiger partial charge in [-0.3, -0.25) is 9.69 Å². The Hall–Kier alpha value is -0.570. The van der Waals surface area contributed by atoms with E-state index in [0.29, 0.717) is 11.5 Å². The third-order valence-electron chi connectivity index (χ3n) is 4.45. The first-order chi connectivity index (χ1) is 7.87. The van der Waals surface area contributed by atoms with Gasteiger partial charge < -0.3 is 5.11 Å². The number of carboxylic acids is 1. The van der Waals surface area contributed by atoms with Gasteiger partial charge >= 0.3 is 5.97 Å². The van der Waals surface area contributed by atoms with Crippen LogP contribution in [-0.4, -0.2) is 35.1 Å². The van der Waals surface area contributed by atoms with Crippen molar-refractivity contribution in [1.29, 1.82) is 0 Å². The first-order valence-electron chi connectivity index (χ1n) is 6.84. The van der Waals surface area contributed by atoms with Gasteiger partial charge in [-0.05, 0) is 43.6 Å². The molecule has 17 heavy (non-hydrogen) atoms. The van der Waals surface area contributed by atoms with E-state index in [1.165, 1.54) is 19.3 Å². The molecule has 3 nitrogen and oxygen atoms in total. The van der Waals surface area contributed by atoms with Crippen LogP contribution in [0.5, 0.6) is 0 Å².